The van der Waals surface area contributed by atoms with E-state index in [-0.39, 0.29) is 16.6 Å². The Morgan fingerprint density at radius 3 is 2.90 bits per heavy atom. The summed E-state index contributed by atoms with van der Waals surface area (Å²) < 4.78 is 0. The van der Waals surface area contributed by atoms with E-state index >= 15 is 0 Å². The molecule has 1 heterocycles. The van der Waals surface area contributed by atoms with Crippen molar-refractivity contribution in [2.24, 2.45) is 0 Å². The second-order valence-corrected chi connectivity index (χ2v) is 6.29. The van der Waals surface area contributed by atoms with Gasteiger partial charge < -0.3 is 15.7 Å². The number of carbonyl (C=O) groups excluding carboxylic acids is 1. The molecule has 1 saturated heterocycles. The summed E-state index contributed by atoms with van der Waals surface area (Å²) in [5, 5.41) is 15.0. The fourth-order valence-electron chi connectivity index (χ4n) is 1.95. The zero-order valence-corrected chi connectivity index (χ0v) is 12.3. The molecule has 2 rings (SSSR count). The topological polar surface area (TPSA) is 78.4 Å². The first kappa shape index (κ1) is 15.0. The number of thioether (sulfide) groups is 1. The highest BCUT2D eigenvalue weighted by Crippen LogP contribution is 2.25. The van der Waals surface area contributed by atoms with Gasteiger partial charge in [0.1, 0.15) is 0 Å². The lowest BCUT2D eigenvalue weighted by molar-refractivity contribution is 0.0697. The van der Waals surface area contributed by atoms with Crippen LogP contribution in [0.5, 0.6) is 0 Å². The first-order valence-electron chi connectivity index (χ1n) is 6.25. The minimum atomic E-state index is -1.12. The van der Waals surface area contributed by atoms with E-state index in [9.17, 15) is 9.59 Å². The molecule has 1 aliphatic heterocycles. The highest BCUT2D eigenvalue weighted by atomic mass is 35.5. The van der Waals surface area contributed by atoms with Crippen LogP contribution < -0.4 is 10.6 Å². The van der Waals surface area contributed by atoms with Crippen molar-refractivity contribution in [2.75, 3.05) is 17.6 Å². The number of aromatic carboxylic acids is 1. The predicted molar refractivity (Wildman–Crippen MR) is 80.9 cm³/mol. The van der Waals surface area contributed by atoms with Crippen molar-refractivity contribution in [3.63, 3.8) is 0 Å². The summed E-state index contributed by atoms with van der Waals surface area (Å²) >= 11 is 7.62. The minimum absolute atomic E-state index is 0.0317. The zero-order chi connectivity index (χ0) is 14.5. The van der Waals surface area contributed by atoms with E-state index in [1.165, 1.54) is 18.6 Å². The maximum Gasteiger partial charge on any atom is 0.337 e. The number of rotatable bonds is 4. The van der Waals surface area contributed by atoms with E-state index in [2.05, 4.69) is 10.6 Å². The number of hydrogen-bond acceptors (Lipinski definition) is 3. The normalized spacial score (nSPS) is 17.8. The minimum Gasteiger partial charge on any atom is -0.478 e. The van der Waals surface area contributed by atoms with Gasteiger partial charge in [-0.1, -0.05) is 11.6 Å². The van der Waals surface area contributed by atoms with Crippen molar-refractivity contribution in [1.29, 1.82) is 0 Å². The molecular formula is C13H15ClN2O3S. The van der Waals surface area contributed by atoms with Gasteiger partial charge in [0.2, 0.25) is 0 Å². The van der Waals surface area contributed by atoms with Crippen LogP contribution in [-0.4, -0.2) is 34.7 Å². The van der Waals surface area contributed by atoms with Gasteiger partial charge in [0, 0.05) is 17.5 Å². The van der Waals surface area contributed by atoms with Crippen molar-refractivity contribution in [3.8, 4) is 0 Å². The monoisotopic (exact) mass is 314 g/mol. The van der Waals surface area contributed by atoms with Crippen LogP contribution in [-0.2, 0) is 0 Å². The van der Waals surface area contributed by atoms with Gasteiger partial charge >= 0.3 is 12.0 Å². The van der Waals surface area contributed by atoms with Crippen molar-refractivity contribution >= 4 is 41.1 Å². The Hall–Kier alpha value is -1.40. The Balaban J connectivity index is 1.90. The first-order valence-corrected chi connectivity index (χ1v) is 7.68. The van der Waals surface area contributed by atoms with Gasteiger partial charge in [0.15, 0.2) is 0 Å². The molecule has 1 aromatic carbocycles. The molecule has 20 heavy (non-hydrogen) atoms. The number of carboxylic acid groups (broad SMARTS) is 1. The number of carboxylic acids is 1. The lowest BCUT2D eigenvalue weighted by Crippen LogP contribution is -2.33. The van der Waals surface area contributed by atoms with Crippen molar-refractivity contribution in [1.82, 2.24) is 5.32 Å². The molecule has 0 bridgehead atoms. The van der Waals surface area contributed by atoms with E-state index in [0.29, 0.717) is 17.5 Å². The second-order valence-electron chi connectivity index (χ2n) is 4.47. The molecule has 1 unspecified atom stereocenters. The first-order chi connectivity index (χ1) is 9.56. The van der Waals surface area contributed by atoms with Gasteiger partial charge in [0.25, 0.3) is 0 Å². The predicted octanol–water partition coefficient (Wildman–Crippen LogP) is 3.06. The van der Waals surface area contributed by atoms with Crippen LogP contribution in [0.25, 0.3) is 0 Å². The molecule has 0 saturated carbocycles. The van der Waals surface area contributed by atoms with Crippen LogP contribution >= 0.6 is 23.4 Å². The van der Waals surface area contributed by atoms with E-state index in [1.807, 2.05) is 11.8 Å². The Kier molecular flexibility index (Phi) is 5.14. The number of anilines is 1. The van der Waals surface area contributed by atoms with Crippen molar-refractivity contribution in [3.05, 3.63) is 28.8 Å². The van der Waals surface area contributed by atoms with Gasteiger partial charge in [-0.3, -0.25) is 0 Å². The number of hydrogen-bond donors (Lipinski definition) is 3. The summed E-state index contributed by atoms with van der Waals surface area (Å²) in [5.41, 5.74) is 0.374. The molecule has 1 aliphatic rings. The van der Waals surface area contributed by atoms with E-state index in [0.717, 1.165) is 12.2 Å². The maximum atomic E-state index is 11.7. The van der Waals surface area contributed by atoms with E-state index in [4.69, 9.17) is 16.7 Å². The van der Waals surface area contributed by atoms with Crippen molar-refractivity contribution in [2.45, 2.75) is 18.1 Å². The summed E-state index contributed by atoms with van der Waals surface area (Å²) in [6, 6.07) is 4.02. The number of halogens is 1. The summed E-state index contributed by atoms with van der Waals surface area (Å²) in [6.07, 6.45) is 2.31. The fraction of sp³-hybridized carbons (Fsp3) is 0.385. The van der Waals surface area contributed by atoms with Crippen LogP contribution in [0, 0.1) is 0 Å². The Morgan fingerprint density at radius 1 is 1.45 bits per heavy atom. The van der Waals surface area contributed by atoms with Crippen LogP contribution in [0.2, 0.25) is 5.02 Å². The number of carbonyl (C=O) groups is 2. The molecule has 0 aromatic heterocycles. The quantitative estimate of drug-likeness (QED) is 0.798. The molecule has 3 N–H and O–H groups in total. The zero-order valence-electron chi connectivity index (χ0n) is 10.7. The van der Waals surface area contributed by atoms with Crippen LogP contribution in [0.3, 0.4) is 0 Å². The summed E-state index contributed by atoms with van der Waals surface area (Å²) in [5.74, 6) is 0.0223. The smallest absolute Gasteiger partial charge is 0.337 e. The van der Waals surface area contributed by atoms with E-state index in [1.54, 1.807) is 6.07 Å². The summed E-state index contributed by atoms with van der Waals surface area (Å²) in [4.78, 5) is 22.7. The second kappa shape index (κ2) is 6.85. The Morgan fingerprint density at radius 2 is 2.25 bits per heavy atom. The number of benzene rings is 1. The lowest BCUT2D eigenvalue weighted by Gasteiger charge is -2.11. The highest BCUT2D eigenvalue weighted by Gasteiger charge is 2.16. The van der Waals surface area contributed by atoms with Crippen molar-refractivity contribution < 1.29 is 14.7 Å². The molecule has 1 aromatic rings. The molecule has 0 spiro atoms. The van der Waals surface area contributed by atoms with Gasteiger partial charge in [-0.05, 0) is 36.8 Å². The van der Waals surface area contributed by atoms with Crippen LogP contribution in [0.4, 0.5) is 10.5 Å². The molecule has 1 fully saturated rings. The molecule has 2 amide bonds. The average Bonchev–Trinajstić information content (AvgIpc) is 2.91. The van der Waals surface area contributed by atoms with Crippen LogP contribution in [0.15, 0.2) is 18.2 Å². The maximum absolute atomic E-state index is 11.7. The third kappa shape index (κ3) is 4.05. The number of amides is 2. The molecular weight excluding hydrogens is 300 g/mol. The third-order valence-corrected chi connectivity index (χ3v) is 4.70. The molecule has 5 nitrogen and oxygen atoms in total. The Labute approximate surface area is 126 Å². The highest BCUT2D eigenvalue weighted by molar-refractivity contribution is 8.00. The lowest BCUT2D eigenvalue weighted by atomic mass is 10.2. The fourth-order valence-corrected chi connectivity index (χ4v) is 3.35. The largest absolute Gasteiger partial charge is 0.478 e. The molecule has 1 atom stereocenters. The SMILES string of the molecule is O=C(NCC1CCCS1)Nc1ccc(Cl)c(C(=O)O)c1. The summed E-state index contributed by atoms with van der Waals surface area (Å²) in [7, 11) is 0. The number of urea groups is 1. The molecule has 0 radical (unpaired) electrons. The summed E-state index contributed by atoms with van der Waals surface area (Å²) in [6.45, 7) is 0.621. The van der Waals surface area contributed by atoms with Gasteiger partial charge in [0.05, 0.1) is 10.6 Å². The third-order valence-electron chi connectivity index (χ3n) is 2.97. The van der Waals surface area contributed by atoms with Gasteiger partial charge in [-0.25, -0.2) is 9.59 Å². The molecule has 0 aliphatic carbocycles. The molecule has 108 valence electrons. The standard InChI is InChI=1S/C13H15ClN2O3S/c14-11-4-3-8(6-10(11)12(17)18)16-13(19)15-7-9-2-1-5-20-9/h3-4,6,9H,1-2,5,7H2,(H,17,18)(H2,15,16,19). The molecule has 7 heteroatoms. The van der Waals surface area contributed by atoms with Gasteiger partial charge in [-0.2, -0.15) is 11.8 Å². The Bertz CT molecular complexity index is 518. The van der Waals surface area contributed by atoms with Crippen LogP contribution in [0.1, 0.15) is 23.2 Å². The van der Waals surface area contributed by atoms with E-state index < -0.39 is 5.97 Å². The average molecular weight is 315 g/mol. The van der Waals surface area contributed by atoms with Gasteiger partial charge in [-0.15, -0.1) is 0 Å². The number of nitrogens with one attached hydrogen (secondary N) is 2.